The first-order valence-corrected chi connectivity index (χ1v) is 8.23. The first kappa shape index (κ1) is 16.3. The lowest BCUT2D eigenvalue weighted by atomic mass is 10.0. The Labute approximate surface area is 143 Å². The minimum Gasteiger partial charge on any atom is -0.490 e. The monoisotopic (exact) mass is 321 g/mol. The van der Waals surface area contributed by atoms with Crippen LogP contribution in [0.2, 0.25) is 0 Å². The number of fused-ring (bicyclic) bond motifs is 1. The minimum absolute atomic E-state index is 0.453. The molecule has 0 atom stereocenters. The molecule has 0 spiro atoms. The van der Waals surface area contributed by atoms with E-state index in [-0.39, 0.29) is 0 Å². The minimum atomic E-state index is 0.453. The molecule has 0 bridgehead atoms. The second kappa shape index (κ2) is 7.37. The van der Waals surface area contributed by atoms with Gasteiger partial charge in [0, 0.05) is 12.1 Å². The summed E-state index contributed by atoms with van der Waals surface area (Å²) in [6.07, 6.45) is 0. The first-order valence-electron chi connectivity index (χ1n) is 8.23. The topological polar surface area (TPSA) is 44.5 Å². The van der Waals surface area contributed by atoms with Crippen molar-refractivity contribution in [3.8, 4) is 11.5 Å². The van der Waals surface area contributed by atoms with Crippen molar-refractivity contribution in [1.29, 1.82) is 0 Å². The van der Waals surface area contributed by atoms with Crippen molar-refractivity contribution in [2.45, 2.75) is 20.4 Å². The molecule has 0 unspecified atom stereocenters. The molecule has 0 saturated carbocycles. The van der Waals surface area contributed by atoms with Crippen molar-refractivity contribution in [2.75, 3.05) is 13.2 Å². The Hall–Kier alpha value is -2.52. The van der Waals surface area contributed by atoms with Crippen LogP contribution < -0.4 is 15.2 Å². The number of hydrogen-bond donors (Lipinski definition) is 1. The van der Waals surface area contributed by atoms with E-state index < -0.39 is 0 Å². The maximum absolute atomic E-state index is 5.94. The van der Waals surface area contributed by atoms with Crippen LogP contribution in [-0.2, 0) is 6.54 Å². The number of benzene rings is 3. The summed E-state index contributed by atoms with van der Waals surface area (Å²) >= 11 is 0. The van der Waals surface area contributed by atoms with Crippen molar-refractivity contribution in [1.82, 2.24) is 0 Å². The van der Waals surface area contributed by atoms with Gasteiger partial charge in [-0.05, 0) is 47.9 Å². The highest BCUT2D eigenvalue weighted by Crippen LogP contribution is 2.27. The molecule has 0 aliphatic heterocycles. The van der Waals surface area contributed by atoms with E-state index in [9.17, 15) is 0 Å². The Morgan fingerprint density at radius 2 is 1.54 bits per heavy atom. The molecule has 124 valence electrons. The van der Waals surface area contributed by atoms with Gasteiger partial charge < -0.3 is 15.2 Å². The van der Waals surface area contributed by atoms with Gasteiger partial charge in [0.1, 0.15) is 24.7 Å². The van der Waals surface area contributed by atoms with Gasteiger partial charge in [0.2, 0.25) is 0 Å². The molecule has 0 fully saturated rings. The van der Waals surface area contributed by atoms with Crippen molar-refractivity contribution < 1.29 is 9.47 Å². The zero-order chi connectivity index (χ0) is 16.9. The molecule has 0 aliphatic rings. The molecule has 0 aromatic heterocycles. The number of ether oxygens (including phenoxy) is 2. The largest absolute Gasteiger partial charge is 0.490 e. The normalized spacial score (nSPS) is 10.8. The van der Waals surface area contributed by atoms with E-state index >= 15 is 0 Å². The second-order valence-electron chi connectivity index (χ2n) is 5.86. The number of rotatable bonds is 6. The molecule has 3 aromatic carbocycles. The fourth-order valence-electron chi connectivity index (χ4n) is 2.85. The summed E-state index contributed by atoms with van der Waals surface area (Å²) in [5.74, 6) is 1.75. The molecule has 3 heteroatoms. The Kier molecular flexibility index (Phi) is 5.02. The number of hydrogen-bond acceptors (Lipinski definition) is 3. The lowest BCUT2D eigenvalue weighted by Crippen LogP contribution is -2.11. The standard InChI is InChI=1S/C21H23NO2/c1-15-6-5-9-20(16(15)2)23-12-13-24-21-11-10-17-7-3-4-8-18(17)19(21)14-22/h3-11H,12-14,22H2,1-2H3. The van der Waals surface area contributed by atoms with E-state index in [2.05, 4.69) is 38.1 Å². The zero-order valence-corrected chi connectivity index (χ0v) is 14.2. The molecule has 0 amide bonds. The van der Waals surface area contributed by atoms with Crippen LogP contribution in [0.5, 0.6) is 11.5 Å². The van der Waals surface area contributed by atoms with Crippen LogP contribution in [0, 0.1) is 13.8 Å². The zero-order valence-electron chi connectivity index (χ0n) is 14.2. The van der Waals surface area contributed by atoms with E-state index in [0.29, 0.717) is 19.8 Å². The predicted molar refractivity (Wildman–Crippen MR) is 98.7 cm³/mol. The van der Waals surface area contributed by atoms with E-state index in [1.54, 1.807) is 0 Å². The van der Waals surface area contributed by atoms with Gasteiger partial charge in [0.15, 0.2) is 0 Å². The van der Waals surface area contributed by atoms with E-state index in [1.165, 1.54) is 16.5 Å². The van der Waals surface area contributed by atoms with E-state index in [0.717, 1.165) is 22.4 Å². The quantitative estimate of drug-likeness (QED) is 0.686. The average molecular weight is 321 g/mol. The number of nitrogens with two attached hydrogens (primary N) is 1. The molecule has 3 nitrogen and oxygen atoms in total. The van der Waals surface area contributed by atoms with Gasteiger partial charge in [-0.3, -0.25) is 0 Å². The Balaban J connectivity index is 1.67. The van der Waals surface area contributed by atoms with Gasteiger partial charge in [-0.25, -0.2) is 0 Å². The van der Waals surface area contributed by atoms with Crippen LogP contribution in [0.1, 0.15) is 16.7 Å². The molecule has 3 rings (SSSR count). The van der Waals surface area contributed by atoms with Gasteiger partial charge in [0.05, 0.1) is 0 Å². The molecular weight excluding hydrogens is 298 g/mol. The third-order valence-corrected chi connectivity index (χ3v) is 4.36. The van der Waals surface area contributed by atoms with Crippen molar-refractivity contribution in [2.24, 2.45) is 5.73 Å². The molecular formula is C21H23NO2. The van der Waals surface area contributed by atoms with Crippen LogP contribution in [0.4, 0.5) is 0 Å². The van der Waals surface area contributed by atoms with Crippen LogP contribution >= 0.6 is 0 Å². The summed E-state index contributed by atoms with van der Waals surface area (Å²) in [5, 5.41) is 2.32. The Morgan fingerprint density at radius 1 is 0.792 bits per heavy atom. The molecule has 0 aliphatic carbocycles. The summed E-state index contributed by atoms with van der Waals surface area (Å²) in [7, 11) is 0. The molecule has 2 N–H and O–H groups in total. The fourth-order valence-corrected chi connectivity index (χ4v) is 2.85. The molecule has 0 heterocycles. The second-order valence-corrected chi connectivity index (χ2v) is 5.86. The molecule has 24 heavy (non-hydrogen) atoms. The lowest BCUT2D eigenvalue weighted by molar-refractivity contribution is 0.215. The SMILES string of the molecule is Cc1cccc(OCCOc2ccc3ccccc3c2CN)c1C. The molecule has 0 saturated heterocycles. The van der Waals surface area contributed by atoms with Crippen LogP contribution in [-0.4, -0.2) is 13.2 Å². The summed E-state index contributed by atoms with van der Waals surface area (Å²) in [4.78, 5) is 0. The van der Waals surface area contributed by atoms with Crippen LogP contribution in [0.25, 0.3) is 10.8 Å². The van der Waals surface area contributed by atoms with Gasteiger partial charge in [-0.1, -0.05) is 42.5 Å². The average Bonchev–Trinajstić information content (AvgIpc) is 2.61. The van der Waals surface area contributed by atoms with Gasteiger partial charge >= 0.3 is 0 Å². The molecule has 3 aromatic rings. The smallest absolute Gasteiger partial charge is 0.124 e. The van der Waals surface area contributed by atoms with Gasteiger partial charge in [0.25, 0.3) is 0 Å². The number of aryl methyl sites for hydroxylation is 1. The first-order chi connectivity index (χ1) is 11.7. The Bertz CT molecular complexity index is 842. The maximum atomic E-state index is 5.94. The van der Waals surface area contributed by atoms with E-state index in [4.69, 9.17) is 15.2 Å². The highest BCUT2D eigenvalue weighted by atomic mass is 16.5. The predicted octanol–water partition coefficient (Wildman–Crippen LogP) is 4.37. The third-order valence-electron chi connectivity index (χ3n) is 4.36. The van der Waals surface area contributed by atoms with E-state index in [1.807, 2.05) is 30.3 Å². The van der Waals surface area contributed by atoms with Crippen LogP contribution in [0.3, 0.4) is 0 Å². The molecule has 0 radical (unpaired) electrons. The van der Waals surface area contributed by atoms with Crippen molar-refractivity contribution in [3.63, 3.8) is 0 Å². The highest BCUT2D eigenvalue weighted by molar-refractivity contribution is 5.87. The van der Waals surface area contributed by atoms with Gasteiger partial charge in [-0.2, -0.15) is 0 Å². The van der Waals surface area contributed by atoms with Crippen LogP contribution in [0.15, 0.2) is 54.6 Å². The highest BCUT2D eigenvalue weighted by Gasteiger charge is 2.07. The summed E-state index contributed by atoms with van der Waals surface area (Å²) in [5.41, 5.74) is 9.38. The van der Waals surface area contributed by atoms with Gasteiger partial charge in [-0.15, -0.1) is 0 Å². The lowest BCUT2D eigenvalue weighted by Gasteiger charge is -2.14. The summed E-state index contributed by atoms with van der Waals surface area (Å²) in [6, 6.07) is 18.4. The fraction of sp³-hybridized carbons (Fsp3) is 0.238. The summed E-state index contributed by atoms with van der Waals surface area (Å²) < 4.78 is 11.8. The Morgan fingerprint density at radius 3 is 2.33 bits per heavy atom. The third kappa shape index (κ3) is 3.36. The summed E-state index contributed by atoms with van der Waals surface area (Å²) in [6.45, 7) is 5.59. The van der Waals surface area contributed by atoms with Crippen molar-refractivity contribution in [3.05, 3.63) is 71.3 Å². The van der Waals surface area contributed by atoms with Crippen molar-refractivity contribution >= 4 is 10.8 Å². The maximum Gasteiger partial charge on any atom is 0.124 e.